The number of halogens is 4. The molecule has 1 saturated carbocycles. The highest BCUT2D eigenvalue weighted by molar-refractivity contribution is 6.30. The Bertz CT molecular complexity index is 1160. The summed E-state index contributed by atoms with van der Waals surface area (Å²) in [6, 6.07) is 12.7. The molecule has 2 aromatic carbocycles. The van der Waals surface area contributed by atoms with Crippen molar-refractivity contribution >= 4 is 34.8 Å². The molecule has 0 atom stereocenters. The lowest BCUT2D eigenvalue weighted by molar-refractivity contribution is -0.154. The maximum atomic E-state index is 13.8. The molecule has 1 fully saturated rings. The van der Waals surface area contributed by atoms with Crippen LogP contribution in [0.2, 0.25) is 5.02 Å². The summed E-state index contributed by atoms with van der Waals surface area (Å²) in [7, 11) is 0. The molecule has 1 aliphatic rings. The van der Waals surface area contributed by atoms with Crippen molar-refractivity contribution in [3.05, 3.63) is 89.0 Å². The fourth-order valence-electron chi connectivity index (χ4n) is 3.72. The number of aromatic nitrogens is 1. The molecule has 0 unspecified atom stereocenters. The minimum Gasteiger partial charge on any atom is -0.325 e. The normalized spacial score (nSPS) is 16.0. The second-order valence-corrected chi connectivity index (χ2v) is 8.11. The molecule has 32 heavy (non-hydrogen) atoms. The second-order valence-electron chi connectivity index (χ2n) is 7.68. The summed E-state index contributed by atoms with van der Waals surface area (Å²) < 4.78 is 40.8. The SMILES string of the molecule is O=C(Nc1ccc(C2(C(=O)Nc3ccc(F)cc3)CC(F)(F)C2)cc1)c1cncc(Cl)c1. The summed E-state index contributed by atoms with van der Waals surface area (Å²) in [4.78, 5) is 29.1. The third-order valence-corrected chi connectivity index (χ3v) is 5.53. The zero-order valence-corrected chi connectivity index (χ0v) is 17.3. The lowest BCUT2D eigenvalue weighted by Gasteiger charge is -2.46. The van der Waals surface area contributed by atoms with Gasteiger partial charge in [0.15, 0.2) is 0 Å². The van der Waals surface area contributed by atoms with Crippen molar-refractivity contribution in [2.45, 2.75) is 24.2 Å². The van der Waals surface area contributed by atoms with E-state index in [0.29, 0.717) is 22.0 Å². The van der Waals surface area contributed by atoms with Crippen LogP contribution in [0.4, 0.5) is 24.5 Å². The van der Waals surface area contributed by atoms with E-state index in [1.807, 2.05) is 0 Å². The summed E-state index contributed by atoms with van der Waals surface area (Å²) >= 11 is 5.84. The van der Waals surface area contributed by atoms with E-state index >= 15 is 0 Å². The number of carbonyl (C=O) groups excluding carboxylic acids is 2. The van der Waals surface area contributed by atoms with Gasteiger partial charge in [0.05, 0.1) is 16.0 Å². The molecule has 0 saturated heterocycles. The smallest absolute Gasteiger partial charge is 0.257 e. The molecule has 1 heterocycles. The zero-order valence-electron chi connectivity index (χ0n) is 16.5. The Kier molecular flexibility index (Phi) is 5.64. The number of amides is 2. The molecule has 1 aromatic heterocycles. The van der Waals surface area contributed by atoms with E-state index in [1.165, 1.54) is 67.0 Å². The average molecular weight is 460 g/mol. The molecule has 1 aliphatic carbocycles. The molecule has 2 amide bonds. The van der Waals surface area contributed by atoms with Crippen molar-refractivity contribution in [3.8, 4) is 0 Å². The minimum atomic E-state index is -2.97. The third kappa shape index (κ3) is 4.45. The van der Waals surface area contributed by atoms with Gasteiger partial charge in [-0.25, -0.2) is 13.2 Å². The van der Waals surface area contributed by atoms with Crippen LogP contribution in [0.1, 0.15) is 28.8 Å². The van der Waals surface area contributed by atoms with E-state index in [-0.39, 0.29) is 5.56 Å². The fourth-order valence-corrected chi connectivity index (χ4v) is 3.90. The average Bonchev–Trinajstić information content (AvgIpc) is 2.74. The molecular weight excluding hydrogens is 443 g/mol. The Morgan fingerprint density at radius 3 is 2.09 bits per heavy atom. The second kappa shape index (κ2) is 8.27. The van der Waals surface area contributed by atoms with Crippen LogP contribution in [-0.4, -0.2) is 22.7 Å². The van der Waals surface area contributed by atoms with Gasteiger partial charge in [0.2, 0.25) is 5.91 Å². The van der Waals surface area contributed by atoms with Crippen LogP contribution >= 0.6 is 11.6 Å². The number of carbonyl (C=O) groups is 2. The Hall–Kier alpha value is -3.39. The van der Waals surface area contributed by atoms with Crippen molar-refractivity contribution < 1.29 is 22.8 Å². The lowest BCUT2D eigenvalue weighted by Crippen LogP contribution is -2.56. The van der Waals surface area contributed by atoms with Crippen molar-refractivity contribution in [3.63, 3.8) is 0 Å². The van der Waals surface area contributed by atoms with Gasteiger partial charge in [0, 0.05) is 36.6 Å². The van der Waals surface area contributed by atoms with E-state index in [9.17, 15) is 22.8 Å². The van der Waals surface area contributed by atoms with E-state index in [4.69, 9.17) is 11.6 Å². The first-order valence-electron chi connectivity index (χ1n) is 9.64. The largest absolute Gasteiger partial charge is 0.325 e. The summed E-state index contributed by atoms with van der Waals surface area (Å²) in [5.41, 5.74) is -0.0539. The number of nitrogens with zero attached hydrogens (tertiary/aromatic N) is 1. The van der Waals surface area contributed by atoms with Gasteiger partial charge in [0.1, 0.15) is 5.82 Å². The molecule has 5 nitrogen and oxygen atoms in total. The first kappa shape index (κ1) is 21.8. The Balaban J connectivity index is 1.53. The first-order chi connectivity index (χ1) is 15.2. The van der Waals surface area contributed by atoms with Gasteiger partial charge in [0.25, 0.3) is 11.8 Å². The predicted molar refractivity (Wildman–Crippen MR) is 115 cm³/mol. The van der Waals surface area contributed by atoms with Crippen LogP contribution in [0.25, 0.3) is 0 Å². The van der Waals surface area contributed by atoms with E-state index < -0.39 is 41.8 Å². The lowest BCUT2D eigenvalue weighted by atomic mass is 9.61. The molecule has 0 bridgehead atoms. The monoisotopic (exact) mass is 459 g/mol. The van der Waals surface area contributed by atoms with Crippen LogP contribution in [-0.2, 0) is 10.2 Å². The van der Waals surface area contributed by atoms with Crippen molar-refractivity contribution in [1.29, 1.82) is 0 Å². The maximum Gasteiger partial charge on any atom is 0.257 e. The van der Waals surface area contributed by atoms with Crippen LogP contribution in [0, 0.1) is 5.82 Å². The Morgan fingerprint density at radius 2 is 1.50 bits per heavy atom. The van der Waals surface area contributed by atoms with Crippen molar-refractivity contribution in [2.75, 3.05) is 10.6 Å². The quantitative estimate of drug-likeness (QED) is 0.534. The molecule has 0 spiro atoms. The van der Waals surface area contributed by atoms with E-state index in [2.05, 4.69) is 15.6 Å². The van der Waals surface area contributed by atoms with Gasteiger partial charge < -0.3 is 10.6 Å². The highest BCUT2D eigenvalue weighted by Crippen LogP contribution is 2.54. The molecule has 9 heteroatoms. The zero-order chi connectivity index (χ0) is 22.9. The molecule has 4 rings (SSSR count). The van der Waals surface area contributed by atoms with Crippen molar-refractivity contribution in [1.82, 2.24) is 4.98 Å². The van der Waals surface area contributed by atoms with Gasteiger partial charge in [-0.15, -0.1) is 0 Å². The molecule has 0 radical (unpaired) electrons. The number of hydrogen-bond acceptors (Lipinski definition) is 3. The summed E-state index contributed by atoms with van der Waals surface area (Å²) in [5, 5.41) is 5.58. The van der Waals surface area contributed by atoms with Crippen LogP contribution in [0.5, 0.6) is 0 Å². The third-order valence-electron chi connectivity index (χ3n) is 5.32. The van der Waals surface area contributed by atoms with Gasteiger partial charge in [-0.2, -0.15) is 0 Å². The van der Waals surface area contributed by atoms with Gasteiger partial charge in [-0.05, 0) is 48.0 Å². The van der Waals surface area contributed by atoms with Gasteiger partial charge in [-0.3, -0.25) is 14.6 Å². The maximum absolute atomic E-state index is 13.8. The van der Waals surface area contributed by atoms with E-state index in [1.54, 1.807) is 0 Å². The highest BCUT2D eigenvalue weighted by atomic mass is 35.5. The Morgan fingerprint density at radius 1 is 0.906 bits per heavy atom. The van der Waals surface area contributed by atoms with Crippen molar-refractivity contribution in [2.24, 2.45) is 0 Å². The number of rotatable bonds is 5. The molecule has 0 aliphatic heterocycles. The molecule has 2 N–H and O–H groups in total. The predicted octanol–water partition coefficient (Wildman–Crippen LogP) is 5.43. The van der Waals surface area contributed by atoms with Crippen LogP contribution < -0.4 is 10.6 Å². The number of pyridine rings is 1. The van der Waals surface area contributed by atoms with Crippen LogP contribution in [0.15, 0.2) is 67.0 Å². The minimum absolute atomic E-state index is 0.260. The summed E-state index contributed by atoms with van der Waals surface area (Å²) in [6.45, 7) is 0. The number of benzene rings is 2. The topological polar surface area (TPSA) is 71.1 Å². The summed E-state index contributed by atoms with van der Waals surface area (Å²) in [5.74, 6) is -4.48. The molecule has 164 valence electrons. The number of anilines is 2. The number of alkyl halides is 2. The standard InChI is InChI=1S/C23H17ClF3N3O2/c24-16-9-14(10-28-11-16)20(31)29-18-5-1-15(2-6-18)22(12-23(26,27)13-22)21(32)30-19-7-3-17(25)4-8-19/h1-11H,12-13H2,(H,29,31)(H,30,32). The molecule has 3 aromatic rings. The van der Waals surface area contributed by atoms with E-state index in [0.717, 1.165) is 0 Å². The summed E-state index contributed by atoms with van der Waals surface area (Å²) in [6.07, 6.45) is 1.47. The highest BCUT2D eigenvalue weighted by Gasteiger charge is 2.61. The first-order valence-corrected chi connectivity index (χ1v) is 10.0. The van der Waals surface area contributed by atoms with Gasteiger partial charge >= 0.3 is 0 Å². The number of hydrogen-bond donors (Lipinski definition) is 2. The fraction of sp³-hybridized carbons (Fsp3) is 0.174. The molecular formula is C23H17ClF3N3O2. The number of nitrogens with one attached hydrogen (secondary N) is 2. The van der Waals surface area contributed by atoms with Crippen LogP contribution in [0.3, 0.4) is 0 Å². The Labute approximate surface area is 186 Å². The van der Waals surface area contributed by atoms with Gasteiger partial charge in [-0.1, -0.05) is 23.7 Å².